The molecule has 1 aromatic heterocycles. The molecule has 2 heterocycles. The van der Waals surface area contributed by atoms with Crippen molar-refractivity contribution < 1.29 is 13.3 Å². The van der Waals surface area contributed by atoms with Gasteiger partial charge in [-0.15, -0.1) is 0 Å². The van der Waals surface area contributed by atoms with Crippen molar-refractivity contribution in [1.82, 2.24) is 10.1 Å². The zero-order valence-electron chi connectivity index (χ0n) is 15.4. The largest absolute Gasteiger partial charge is 0.354 e. The number of hydrogen-bond donors (Lipinski definition) is 0. The molecule has 0 spiro atoms. The van der Waals surface area contributed by atoms with Crippen LogP contribution in [0.1, 0.15) is 39.0 Å². The Hall–Kier alpha value is -1.69. The summed E-state index contributed by atoms with van der Waals surface area (Å²) in [7, 11) is 0. The molecular formula is C20H27F2N3O. The van der Waals surface area contributed by atoms with Crippen molar-refractivity contribution in [2.75, 3.05) is 37.6 Å². The van der Waals surface area contributed by atoms with Crippen molar-refractivity contribution in [3.63, 3.8) is 0 Å². The minimum Gasteiger partial charge on any atom is -0.354 e. The van der Waals surface area contributed by atoms with Crippen LogP contribution in [0, 0.1) is 23.5 Å². The molecule has 2 aromatic rings. The maximum Gasteiger partial charge on any atom is 0.180 e. The average molecular weight is 363 g/mol. The molecule has 0 bridgehead atoms. The average Bonchev–Trinajstić information content (AvgIpc) is 3.05. The third-order valence-corrected chi connectivity index (χ3v) is 6.15. The Labute approximate surface area is 153 Å². The van der Waals surface area contributed by atoms with E-state index in [0.29, 0.717) is 16.8 Å². The summed E-state index contributed by atoms with van der Waals surface area (Å²) in [4.78, 5) is 4.62. The smallest absolute Gasteiger partial charge is 0.180 e. The molecule has 0 radical (unpaired) electrons. The van der Waals surface area contributed by atoms with E-state index >= 15 is 0 Å². The van der Waals surface area contributed by atoms with E-state index in [2.05, 4.69) is 21.9 Å². The fourth-order valence-corrected chi connectivity index (χ4v) is 4.31. The van der Waals surface area contributed by atoms with Crippen molar-refractivity contribution >= 4 is 16.8 Å². The Morgan fingerprint density at radius 1 is 1.04 bits per heavy atom. The summed E-state index contributed by atoms with van der Waals surface area (Å²) in [6.45, 7) is 7.14. The first-order chi connectivity index (χ1) is 12.6. The summed E-state index contributed by atoms with van der Waals surface area (Å²) in [6, 6.07) is 2.26. The maximum atomic E-state index is 13.6. The zero-order valence-corrected chi connectivity index (χ0v) is 15.4. The van der Waals surface area contributed by atoms with E-state index in [4.69, 9.17) is 4.52 Å². The summed E-state index contributed by atoms with van der Waals surface area (Å²) in [5, 5.41) is 4.60. The van der Waals surface area contributed by atoms with Gasteiger partial charge in [0.05, 0.1) is 5.39 Å². The van der Waals surface area contributed by atoms with Gasteiger partial charge in [-0.2, -0.15) is 0 Å². The predicted octanol–water partition coefficient (Wildman–Crippen LogP) is 4.44. The van der Waals surface area contributed by atoms with Crippen LogP contribution in [-0.4, -0.2) is 42.8 Å². The number of hydrogen-bond acceptors (Lipinski definition) is 4. The Morgan fingerprint density at radius 2 is 1.73 bits per heavy atom. The second-order valence-electron chi connectivity index (χ2n) is 8.01. The van der Waals surface area contributed by atoms with Gasteiger partial charge in [-0.05, 0) is 30.9 Å². The van der Waals surface area contributed by atoms with Gasteiger partial charge in [-0.1, -0.05) is 37.8 Å². The molecule has 4 rings (SSSR count). The van der Waals surface area contributed by atoms with Crippen LogP contribution in [0.4, 0.5) is 14.6 Å². The van der Waals surface area contributed by atoms with E-state index in [1.807, 2.05) is 0 Å². The Morgan fingerprint density at radius 3 is 2.46 bits per heavy atom. The number of fused-ring (bicyclic) bond motifs is 1. The quantitative estimate of drug-likeness (QED) is 0.804. The molecule has 0 amide bonds. The zero-order chi connectivity index (χ0) is 18.1. The van der Waals surface area contributed by atoms with Gasteiger partial charge in [0.15, 0.2) is 23.0 Å². The topological polar surface area (TPSA) is 32.5 Å². The van der Waals surface area contributed by atoms with Crippen molar-refractivity contribution in [2.45, 2.75) is 39.0 Å². The lowest BCUT2D eigenvalue weighted by atomic mass is 9.81. The normalized spacial score (nSPS) is 25.1. The molecule has 2 aliphatic rings. The van der Waals surface area contributed by atoms with Crippen molar-refractivity contribution in [3.8, 4) is 0 Å². The summed E-state index contributed by atoms with van der Waals surface area (Å²) in [6.07, 6.45) is 6.83. The Balaban J connectivity index is 1.32. The Kier molecular flexibility index (Phi) is 5.11. The van der Waals surface area contributed by atoms with Crippen molar-refractivity contribution in [1.29, 1.82) is 0 Å². The van der Waals surface area contributed by atoms with Crippen LogP contribution in [0.3, 0.4) is 0 Å². The molecule has 1 saturated heterocycles. The van der Waals surface area contributed by atoms with Gasteiger partial charge in [0, 0.05) is 32.2 Å². The summed E-state index contributed by atoms with van der Waals surface area (Å²) in [5.74, 6) is 0.663. The first-order valence-electron chi connectivity index (χ1n) is 9.82. The predicted molar refractivity (Wildman–Crippen MR) is 98.3 cm³/mol. The van der Waals surface area contributed by atoms with Crippen LogP contribution in [0.25, 0.3) is 11.0 Å². The maximum absolute atomic E-state index is 13.6. The highest BCUT2D eigenvalue weighted by molar-refractivity contribution is 5.88. The van der Waals surface area contributed by atoms with E-state index in [1.54, 1.807) is 0 Å². The molecule has 1 aliphatic heterocycles. The number of halogens is 2. The van der Waals surface area contributed by atoms with Crippen LogP contribution in [0.5, 0.6) is 0 Å². The van der Waals surface area contributed by atoms with Gasteiger partial charge in [-0.25, -0.2) is 8.78 Å². The molecule has 6 heteroatoms. The summed E-state index contributed by atoms with van der Waals surface area (Å²) < 4.78 is 32.1. The van der Waals surface area contributed by atoms with Crippen LogP contribution in [0.2, 0.25) is 0 Å². The van der Waals surface area contributed by atoms with Gasteiger partial charge in [-0.3, -0.25) is 4.90 Å². The monoisotopic (exact) mass is 363 g/mol. The van der Waals surface area contributed by atoms with Gasteiger partial charge in [0.1, 0.15) is 0 Å². The highest BCUT2D eigenvalue weighted by Crippen LogP contribution is 2.31. The highest BCUT2D eigenvalue weighted by Gasteiger charge is 2.24. The molecule has 1 aromatic carbocycles. The van der Waals surface area contributed by atoms with E-state index in [9.17, 15) is 8.78 Å². The molecule has 0 N–H and O–H groups in total. The lowest BCUT2D eigenvalue weighted by Crippen LogP contribution is -2.47. The number of benzene rings is 1. The van der Waals surface area contributed by atoms with Gasteiger partial charge in [0.25, 0.3) is 0 Å². The van der Waals surface area contributed by atoms with E-state index in [0.717, 1.165) is 50.6 Å². The van der Waals surface area contributed by atoms with Crippen LogP contribution in [0.15, 0.2) is 16.7 Å². The number of nitrogens with zero attached hydrogens (tertiary/aromatic N) is 3. The molecule has 1 aliphatic carbocycles. The summed E-state index contributed by atoms with van der Waals surface area (Å²) >= 11 is 0. The minimum atomic E-state index is -0.901. The van der Waals surface area contributed by atoms with Gasteiger partial charge >= 0.3 is 0 Å². The minimum absolute atomic E-state index is 0.299. The molecular weight excluding hydrogens is 336 g/mol. The molecule has 0 unspecified atom stereocenters. The van der Waals surface area contributed by atoms with Crippen molar-refractivity contribution in [2.24, 2.45) is 11.8 Å². The fraction of sp³-hybridized carbons (Fsp3) is 0.650. The van der Waals surface area contributed by atoms with Gasteiger partial charge in [0.2, 0.25) is 0 Å². The van der Waals surface area contributed by atoms with E-state index in [1.165, 1.54) is 38.2 Å². The molecule has 26 heavy (non-hydrogen) atoms. The third kappa shape index (κ3) is 3.70. The van der Waals surface area contributed by atoms with E-state index in [-0.39, 0.29) is 0 Å². The molecule has 0 atom stereocenters. The second kappa shape index (κ2) is 7.51. The first kappa shape index (κ1) is 17.7. The van der Waals surface area contributed by atoms with Crippen molar-refractivity contribution in [3.05, 3.63) is 23.8 Å². The third-order valence-electron chi connectivity index (χ3n) is 6.15. The van der Waals surface area contributed by atoms with Gasteiger partial charge < -0.3 is 9.42 Å². The lowest BCUT2D eigenvalue weighted by Gasteiger charge is -2.36. The second-order valence-corrected chi connectivity index (χ2v) is 8.01. The molecule has 1 saturated carbocycles. The number of rotatable bonds is 4. The summed E-state index contributed by atoms with van der Waals surface area (Å²) in [5.41, 5.74) is 0.299. The number of piperazine rings is 1. The molecule has 142 valence electrons. The standard InChI is InChI=1S/C20H27F2N3O/c1-14-2-4-15(5-3-14)6-7-24-8-10-25(11-9-24)20-16-12-17(21)18(22)13-19(16)26-23-20/h12-15H,2-11H2,1H3/t14-,15-. The lowest BCUT2D eigenvalue weighted by molar-refractivity contribution is 0.208. The SMILES string of the molecule is C[C@H]1CC[C@H](CCN2CCN(c3noc4cc(F)c(F)cc34)CC2)CC1. The Bertz CT molecular complexity index is 747. The fourth-order valence-electron chi connectivity index (χ4n) is 4.31. The van der Waals surface area contributed by atoms with Crippen LogP contribution in [-0.2, 0) is 0 Å². The van der Waals surface area contributed by atoms with Crippen LogP contribution >= 0.6 is 0 Å². The molecule has 2 fully saturated rings. The first-order valence-corrected chi connectivity index (χ1v) is 9.82. The van der Waals surface area contributed by atoms with E-state index < -0.39 is 11.6 Å². The molecule has 4 nitrogen and oxygen atoms in total. The number of aromatic nitrogens is 1. The van der Waals surface area contributed by atoms with Crippen LogP contribution < -0.4 is 4.90 Å². The number of anilines is 1. The highest BCUT2D eigenvalue weighted by atomic mass is 19.2.